The molecule has 2 rings (SSSR count). The highest BCUT2D eigenvalue weighted by Crippen LogP contribution is 2.06. The van der Waals surface area contributed by atoms with Crippen LogP contribution in [0.3, 0.4) is 0 Å². The average molecular weight is 194 g/mol. The van der Waals surface area contributed by atoms with E-state index in [2.05, 4.69) is 34.2 Å². The molecule has 1 aliphatic rings. The van der Waals surface area contributed by atoms with Gasteiger partial charge in [-0.2, -0.15) is 0 Å². The van der Waals surface area contributed by atoms with Crippen molar-refractivity contribution in [3.05, 3.63) is 18.2 Å². The molecule has 2 heterocycles. The van der Waals surface area contributed by atoms with Crippen LogP contribution in [-0.4, -0.2) is 47.1 Å². The number of nitrogens with one attached hydrogen (secondary N) is 2. The fraction of sp³-hybridized carbons (Fsp3) is 0.700. The van der Waals surface area contributed by atoms with Crippen LogP contribution in [0.2, 0.25) is 0 Å². The SMILES string of the molecule is CC1CN(C)CC(Cc2cnc[nH]2)N1. The molecule has 1 saturated heterocycles. The molecular formula is C10H18N4. The van der Waals surface area contributed by atoms with Gasteiger partial charge in [0.05, 0.1) is 6.33 Å². The molecule has 2 N–H and O–H groups in total. The fourth-order valence-electron chi connectivity index (χ4n) is 2.21. The minimum absolute atomic E-state index is 0.546. The lowest BCUT2D eigenvalue weighted by Gasteiger charge is -2.35. The number of rotatable bonds is 2. The second-order valence-corrected chi connectivity index (χ2v) is 4.27. The zero-order valence-corrected chi connectivity index (χ0v) is 8.83. The Morgan fingerprint density at radius 3 is 3.07 bits per heavy atom. The van der Waals surface area contributed by atoms with E-state index in [1.54, 1.807) is 6.33 Å². The molecule has 0 amide bonds. The van der Waals surface area contributed by atoms with Gasteiger partial charge in [-0.25, -0.2) is 4.98 Å². The quantitative estimate of drug-likeness (QED) is 0.709. The van der Waals surface area contributed by atoms with Crippen LogP contribution >= 0.6 is 0 Å². The Kier molecular flexibility index (Phi) is 2.84. The molecule has 4 heteroatoms. The maximum atomic E-state index is 4.03. The largest absolute Gasteiger partial charge is 0.348 e. The molecule has 0 radical (unpaired) electrons. The second-order valence-electron chi connectivity index (χ2n) is 4.27. The van der Waals surface area contributed by atoms with E-state index in [1.165, 1.54) is 5.69 Å². The zero-order valence-electron chi connectivity index (χ0n) is 8.83. The molecule has 78 valence electrons. The maximum absolute atomic E-state index is 4.03. The van der Waals surface area contributed by atoms with Crippen LogP contribution in [0, 0.1) is 0 Å². The lowest BCUT2D eigenvalue weighted by Crippen LogP contribution is -2.54. The van der Waals surface area contributed by atoms with Gasteiger partial charge in [-0.15, -0.1) is 0 Å². The van der Waals surface area contributed by atoms with Crippen molar-refractivity contribution < 1.29 is 0 Å². The molecule has 0 spiro atoms. The molecule has 1 aromatic heterocycles. The van der Waals surface area contributed by atoms with Crippen LogP contribution in [-0.2, 0) is 6.42 Å². The van der Waals surface area contributed by atoms with Crippen molar-refractivity contribution in [2.75, 3.05) is 20.1 Å². The van der Waals surface area contributed by atoms with Gasteiger partial charge in [-0.3, -0.25) is 0 Å². The van der Waals surface area contributed by atoms with Crippen LogP contribution in [0.5, 0.6) is 0 Å². The topological polar surface area (TPSA) is 44.0 Å². The summed E-state index contributed by atoms with van der Waals surface area (Å²) in [5.41, 5.74) is 1.21. The predicted octanol–water partition coefficient (Wildman–Crippen LogP) is 0.244. The first-order valence-corrected chi connectivity index (χ1v) is 5.16. The summed E-state index contributed by atoms with van der Waals surface area (Å²) in [6.45, 7) is 4.48. The van der Waals surface area contributed by atoms with Gasteiger partial charge in [0.25, 0.3) is 0 Å². The number of hydrogen-bond donors (Lipinski definition) is 2. The molecule has 2 unspecified atom stereocenters. The number of imidazole rings is 1. The number of aromatic amines is 1. The van der Waals surface area contributed by atoms with Crippen molar-refractivity contribution in [2.24, 2.45) is 0 Å². The Balaban J connectivity index is 1.91. The molecule has 1 aromatic rings. The standard InChI is InChI=1S/C10H18N4/c1-8-5-14(2)6-10(13-8)3-9-4-11-7-12-9/h4,7-8,10,13H,3,5-6H2,1-2H3,(H,11,12). The van der Waals surface area contributed by atoms with Crippen molar-refractivity contribution in [3.63, 3.8) is 0 Å². The molecule has 0 saturated carbocycles. The third-order valence-electron chi connectivity index (χ3n) is 2.66. The minimum Gasteiger partial charge on any atom is -0.348 e. The molecule has 0 aliphatic carbocycles. The summed E-state index contributed by atoms with van der Waals surface area (Å²) < 4.78 is 0. The summed E-state index contributed by atoms with van der Waals surface area (Å²) in [5, 5.41) is 3.60. The third kappa shape index (κ3) is 2.33. The maximum Gasteiger partial charge on any atom is 0.0921 e. The molecule has 14 heavy (non-hydrogen) atoms. The Hall–Kier alpha value is -0.870. The van der Waals surface area contributed by atoms with E-state index in [-0.39, 0.29) is 0 Å². The first-order chi connectivity index (χ1) is 6.74. The van der Waals surface area contributed by atoms with Crippen molar-refractivity contribution >= 4 is 0 Å². The zero-order chi connectivity index (χ0) is 9.97. The van der Waals surface area contributed by atoms with Gasteiger partial charge in [0.1, 0.15) is 0 Å². The molecular weight excluding hydrogens is 176 g/mol. The van der Waals surface area contributed by atoms with Crippen molar-refractivity contribution in [1.82, 2.24) is 20.2 Å². The van der Waals surface area contributed by atoms with E-state index in [0.717, 1.165) is 19.5 Å². The van der Waals surface area contributed by atoms with Gasteiger partial charge in [0, 0.05) is 43.5 Å². The second kappa shape index (κ2) is 4.11. The smallest absolute Gasteiger partial charge is 0.0921 e. The Morgan fingerprint density at radius 1 is 1.57 bits per heavy atom. The number of likely N-dealkylation sites (N-methyl/N-ethyl adjacent to an activating group) is 1. The summed E-state index contributed by atoms with van der Waals surface area (Å²) >= 11 is 0. The predicted molar refractivity (Wildman–Crippen MR) is 56.2 cm³/mol. The van der Waals surface area contributed by atoms with Gasteiger partial charge in [-0.1, -0.05) is 0 Å². The van der Waals surface area contributed by atoms with E-state index in [1.807, 2.05) is 6.20 Å². The van der Waals surface area contributed by atoms with Gasteiger partial charge in [0.15, 0.2) is 0 Å². The molecule has 1 aliphatic heterocycles. The summed E-state index contributed by atoms with van der Waals surface area (Å²) in [7, 11) is 2.18. The molecule has 0 aromatic carbocycles. The van der Waals surface area contributed by atoms with Crippen molar-refractivity contribution in [2.45, 2.75) is 25.4 Å². The highest BCUT2D eigenvalue weighted by Gasteiger charge is 2.21. The first kappa shape index (κ1) is 9.68. The van der Waals surface area contributed by atoms with Gasteiger partial charge in [-0.05, 0) is 14.0 Å². The van der Waals surface area contributed by atoms with Gasteiger partial charge in [0.2, 0.25) is 0 Å². The normalized spacial score (nSPS) is 29.3. The fourth-order valence-corrected chi connectivity index (χ4v) is 2.21. The summed E-state index contributed by atoms with van der Waals surface area (Å²) in [4.78, 5) is 9.55. The van der Waals surface area contributed by atoms with Gasteiger partial charge >= 0.3 is 0 Å². The van der Waals surface area contributed by atoms with E-state index in [0.29, 0.717) is 12.1 Å². The van der Waals surface area contributed by atoms with E-state index in [4.69, 9.17) is 0 Å². The highest BCUT2D eigenvalue weighted by atomic mass is 15.2. The van der Waals surface area contributed by atoms with E-state index >= 15 is 0 Å². The van der Waals surface area contributed by atoms with Crippen molar-refractivity contribution in [1.29, 1.82) is 0 Å². The Bertz CT molecular complexity index is 260. The number of hydrogen-bond acceptors (Lipinski definition) is 3. The van der Waals surface area contributed by atoms with Crippen LogP contribution in [0.25, 0.3) is 0 Å². The molecule has 2 atom stereocenters. The van der Waals surface area contributed by atoms with Crippen LogP contribution in [0.1, 0.15) is 12.6 Å². The number of H-pyrrole nitrogens is 1. The number of aromatic nitrogens is 2. The van der Waals surface area contributed by atoms with E-state index in [9.17, 15) is 0 Å². The van der Waals surface area contributed by atoms with Crippen LogP contribution in [0.15, 0.2) is 12.5 Å². The Labute approximate surface area is 84.7 Å². The van der Waals surface area contributed by atoms with Crippen molar-refractivity contribution in [3.8, 4) is 0 Å². The highest BCUT2D eigenvalue weighted by molar-refractivity contribution is 4.99. The molecule has 4 nitrogen and oxygen atoms in total. The Morgan fingerprint density at radius 2 is 2.43 bits per heavy atom. The summed E-state index contributed by atoms with van der Waals surface area (Å²) in [6, 6.07) is 1.13. The molecule has 0 bridgehead atoms. The van der Waals surface area contributed by atoms with E-state index < -0.39 is 0 Å². The summed E-state index contributed by atoms with van der Waals surface area (Å²) in [6.07, 6.45) is 4.68. The average Bonchev–Trinajstić information content (AvgIpc) is 2.54. The lowest BCUT2D eigenvalue weighted by atomic mass is 10.1. The minimum atomic E-state index is 0.546. The third-order valence-corrected chi connectivity index (χ3v) is 2.66. The molecule has 1 fully saturated rings. The first-order valence-electron chi connectivity index (χ1n) is 5.16. The summed E-state index contributed by atoms with van der Waals surface area (Å²) in [5.74, 6) is 0. The monoisotopic (exact) mass is 194 g/mol. The lowest BCUT2D eigenvalue weighted by molar-refractivity contribution is 0.198. The van der Waals surface area contributed by atoms with Crippen LogP contribution < -0.4 is 5.32 Å². The number of nitrogens with zero attached hydrogens (tertiary/aromatic N) is 2. The van der Waals surface area contributed by atoms with Gasteiger partial charge < -0.3 is 15.2 Å². The number of piperazine rings is 1. The van der Waals surface area contributed by atoms with Crippen LogP contribution in [0.4, 0.5) is 0 Å².